The molecule has 0 atom stereocenters. The third-order valence-electron chi connectivity index (χ3n) is 4.03. The third kappa shape index (κ3) is 2.68. The molecule has 3 aromatic heterocycles. The monoisotopic (exact) mass is 362 g/mol. The molecule has 0 amide bonds. The number of aryl methyl sites for hydroxylation is 1. The number of thioether (sulfide) groups is 1. The molecular formula is C18H14N6OS. The van der Waals surface area contributed by atoms with E-state index in [1.807, 2.05) is 60.1 Å². The zero-order valence-corrected chi connectivity index (χ0v) is 14.7. The second-order valence-corrected chi connectivity index (χ2v) is 6.56. The summed E-state index contributed by atoms with van der Waals surface area (Å²) in [5.41, 5.74) is 2.57. The second kappa shape index (κ2) is 6.54. The molecule has 8 heteroatoms. The minimum Gasteiger partial charge on any atom is -0.510 e. The van der Waals surface area contributed by atoms with E-state index in [0.29, 0.717) is 11.0 Å². The van der Waals surface area contributed by atoms with Crippen molar-refractivity contribution in [1.82, 2.24) is 24.1 Å². The molecule has 0 unspecified atom stereocenters. The van der Waals surface area contributed by atoms with Gasteiger partial charge in [-0.2, -0.15) is 5.26 Å². The lowest BCUT2D eigenvalue weighted by Gasteiger charge is -2.05. The molecule has 0 spiro atoms. The van der Waals surface area contributed by atoms with E-state index in [2.05, 4.69) is 21.3 Å². The first kappa shape index (κ1) is 16.2. The molecule has 7 nitrogen and oxygen atoms in total. The van der Waals surface area contributed by atoms with E-state index >= 15 is 0 Å². The highest BCUT2D eigenvalue weighted by atomic mass is 32.2. The number of imidazole rings is 1. The van der Waals surface area contributed by atoms with Gasteiger partial charge in [-0.25, -0.2) is 4.98 Å². The third-order valence-corrected chi connectivity index (χ3v) is 4.99. The Morgan fingerprint density at radius 1 is 1.19 bits per heavy atom. The van der Waals surface area contributed by atoms with Crippen molar-refractivity contribution in [3.8, 4) is 6.07 Å². The average Bonchev–Trinajstić information content (AvgIpc) is 3.23. The van der Waals surface area contributed by atoms with Crippen LogP contribution in [0.3, 0.4) is 0 Å². The molecule has 0 aliphatic heterocycles. The first-order valence-corrected chi connectivity index (χ1v) is 8.84. The predicted molar refractivity (Wildman–Crippen MR) is 99.6 cm³/mol. The number of rotatable bonds is 4. The topological polar surface area (TPSA) is 92.0 Å². The number of aliphatic hydroxyl groups excluding tert-OH is 1. The molecule has 0 radical (unpaired) electrons. The van der Waals surface area contributed by atoms with Gasteiger partial charge in [-0.3, -0.25) is 4.40 Å². The van der Waals surface area contributed by atoms with E-state index < -0.39 is 0 Å². The fourth-order valence-electron chi connectivity index (χ4n) is 2.74. The highest BCUT2D eigenvalue weighted by Gasteiger charge is 2.17. The summed E-state index contributed by atoms with van der Waals surface area (Å²) < 4.78 is 3.64. The smallest absolute Gasteiger partial charge is 0.196 e. The van der Waals surface area contributed by atoms with Crippen molar-refractivity contribution in [2.24, 2.45) is 7.05 Å². The Morgan fingerprint density at radius 3 is 2.81 bits per heavy atom. The molecule has 128 valence electrons. The van der Waals surface area contributed by atoms with Crippen LogP contribution in [-0.4, -0.2) is 35.0 Å². The number of nitriles is 1. The lowest BCUT2D eigenvalue weighted by atomic mass is 10.2. The minimum atomic E-state index is -0.0383. The van der Waals surface area contributed by atoms with Crippen molar-refractivity contribution in [2.75, 3.05) is 5.75 Å². The van der Waals surface area contributed by atoms with Crippen LogP contribution in [0.25, 0.3) is 22.3 Å². The highest BCUT2D eigenvalue weighted by Crippen LogP contribution is 2.25. The maximum Gasteiger partial charge on any atom is 0.196 e. The molecule has 4 rings (SSSR count). The first-order chi connectivity index (χ1) is 12.7. The van der Waals surface area contributed by atoms with Gasteiger partial charge in [-0.1, -0.05) is 30.0 Å². The van der Waals surface area contributed by atoms with Gasteiger partial charge < -0.3 is 9.67 Å². The van der Waals surface area contributed by atoms with E-state index in [9.17, 15) is 10.4 Å². The zero-order valence-electron chi connectivity index (χ0n) is 13.9. The lowest BCUT2D eigenvalue weighted by Crippen LogP contribution is -2.01. The van der Waals surface area contributed by atoms with Crippen LogP contribution in [0.2, 0.25) is 0 Å². The lowest BCUT2D eigenvalue weighted by molar-refractivity contribution is 0.420. The highest BCUT2D eigenvalue weighted by molar-refractivity contribution is 7.99. The number of benzene rings is 1. The summed E-state index contributed by atoms with van der Waals surface area (Å²) in [5.74, 6) is 0.600. The number of pyridine rings is 1. The van der Waals surface area contributed by atoms with E-state index in [0.717, 1.165) is 16.7 Å². The van der Waals surface area contributed by atoms with Crippen LogP contribution in [0.15, 0.2) is 59.6 Å². The van der Waals surface area contributed by atoms with Crippen LogP contribution >= 0.6 is 11.8 Å². The Labute approximate surface area is 153 Å². The molecular weight excluding hydrogens is 348 g/mol. The summed E-state index contributed by atoms with van der Waals surface area (Å²) in [6.07, 6.45) is 1.86. The molecule has 0 fully saturated rings. The van der Waals surface area contributed by atoms with Gasteiger partial charge in [0.2, 0.25) is 0 Å². The summed E-state index contributed by atoms with van der Waals surface area (Å²) in [6, 6.07) is 15.3. The molecule has 1 N–H and O–H groups in total. The van der Waals surface area contributed by atoms with E-state index in [1.165, 1.54) is 11.8 Å². The second-order valence-electron chi connectivity index (χ2n) is 5.62. The van der Waals surface area contributed by atoms with Crippen LogP contribution in [0.5, 0.6) is 0 Å². The van der Waals surface area contributed by atoms with Gasteiger partial charge in [0.05, 0.1) is 16.8 Å². The Kier molecular flexibility index (Phi) is 4.07. The average molecular weight is 362 g/mol. The molecule has 3 heterocycles. The molecule has 1 aromatic carbocycles. The fourth-order valence-corrected chi connectivity index (χ4v) is 3.54. The Balaban J connectivity index is 1.67. The SMILES string of the molecule is Cn1c(/C(C#N)=C(\O)CSc2nnc3ccccn23)nc2ccccc21. The number of aromatic nitrogens is 5. The van der Waals surface area contributed by atoms with E-state index in [1.54, 1.807) is 4.57 Å². The Morgan fingerprint density at radius 2 is 2.00 bits per heavy atom. The molecule has 0 aliphatic rings. The molecule has 0 saturated heterocycles. The molecule has 0 saturated carbocycles. The minimum absolute atomic E-state index is 0.0383. The van der Waals surface area contributed by atoms with Crippen LogP contribution in [0.1, 0.15) is 5.82 Å². The van der Waals surface area contributed by atoms with Crippen LogP contribution in [-0.2, 0) is 7.05 Å². The van der Waals surface area contributed by atoms with Gasteiger partial charge in [0.1, 0.15) is 17.4 Å². The molecule has 0 bridgehead atoms. The summed E-state index contributed by atoms with van der Waals surface area (Å²) in [7, 11) is 1.83. The zero-order chi connectivity index (χ0) is 18.1. The standard InChI is InChI=1S/C18H14N6OS/c1-23-14-7-3-2-6-13(14)20-17(23)12(10-19)15(25)11-26-18-22-21-16-8-4-5-9-24(16)18/h2-9,25H,11H2,1H3/b15-12-. The van der Waals surface area contributed by atoms with Crippen molar-refractivity contribution in [3.05, 3.63) is 60.2 Å². The van der Waals surface area contributed by atoms with Crippen molar-refractivity contribution in [3.63, 3.8) is 0 Å². The van der Waals surface area contributed by atoms with Crippen LogP contribution in [0, 0.1) is 11.3 Å². The quantitative estimate of drug-likeness (QED) is 0.340. The predicted octanol–water partition coefficient (Wildman–Crippen LogP) is 3.20. The number of aliphatic hydroxyl groups is 1. The molecule has 0 aliphatic carbocycles. The van der Waals surface area contributed by atoms with Crippen molar-refractivity contribution in [1.29, 1.82) is 5.26 Å². The van der Waals surface area contributed by atoms with Gasteiger partial charge in [-0.15, -0.1) is 10.2 Å². The number of hydrogen-bond acceptors (Lipinski definition) is 6. The van der Waals surface area contributed by atoms with Crippen LogP contribution in [0.4, 0.5) is 0 Å². The van der Waals surface area contributed by atoms with Gasteiger partial charge in [-0.05, 0) is 24.3 Å². The number of nitrogens with zero attached hydrogens (tertiary/aromatic N) is 6. The number of hydrogen-bond donors (Lipinski definition) is 1. The van der Waals surface area contributed by atoms with Gasteiger partial charge in [0.25, 0.3) is 0 Å². The Bertz CT molecular complexity index is 1180. The fraction of sp³-hybridized carbons (Fsp3) is 0.111. The van der Waals surface area contributed by atoms with Gasteiger partial charge in [0.15, 0.2) is 16.6 Å². The van der Waals surface area contributed by atoms with Crippen molar-refractivity contribution < 1.29 is 5.11 Å². The van der Waals surface area contributed by atoms with E-state index in [4.69, 9.17) is 0 Å². The number of allylic oxidation sites excluding steroid dienone is 1. The molecule has 26 heavy (non-hydrogen) atoms. The first-order valence-electron chi connectivity index (χ1n) is 7.85. The number of para-hydroxylation sites is 2. The van der Waals surface area contributed by atoms with Gasteiger partial charge in [0, 0.05) is 13.2 Å². The van der Waals surface area contributed by atoms with E-state index in [-0.39, 0.29) is 17.1 Å². The summed E-state index contributed by atoms with van der Waals surface area (Å²) >= 11 is 1.31. The largest absolute Gasteiger partial charge is 0.510 e. The summed E-state index contributed by atoms with van der Waals surface area (Å²) in [4.78, 5) is 4.48. The van der Waals surface area contributed by atoms with Crippen LogP contribution < -0.4 is 0 Å². The number of fused-ring (bicyclic) bond motifs is 2. The normalized spacial score (nSPS) is 12.3. The van der Waals surface area contributed by atoms with Crippen molar-refractivity contribution in [2.45, 2.75) is 5.16 Å². The maximum absolute atomic E-state index is 10.5. The Hall–Kier alpha value is -3.31. The van der Waals surface area contributed by atoms with Gasteiger partial charge >= 0.3 is 0 Å². The summed E-state index contributed by atoms with van der Waals surface area (Å²) in [5, 5.41) is 28.9. The molecule has 4 aromatic rings. The summed E-state index contributed by atoms with van der Waals surface area (Å²) in [6.45, 7) is 0. The van der Waals surface area contributed by atoms with Crippen molar-refractivity contribution >= 4 is 34.0 Å². The maximum atomic E-state index is 10.5.